The van der Waals surface area contributed by atoms with Crippen molar-refractivity contribution in [3.8, 4) is 40.6 Å². The van der Waals surface area contributed by atoms with Gasteiger partial charge in [0.2, 0.25) is 5.95 Å². The molecular formula is C52H35N7O2. The van der Waals surface area contributed by atoms with Crippen molar-refractivity contribution < 1.29 is 16.3 Å². The van der Waals surface area contributed by atoms with Crippen LogP contribution in [0.4, 0.5) is 0 Å². The predicted octanol–water partition coefficient (Wildman–Crippen LogP) is 12.7. The molecule has 0 unspecified atom stereocenters. The lowest BCUT2D eigenvalue weighted by Gasteiger charge is -2.11. The van der Waals surface area contributed by atoms with Crippen LogP contribution in [0.25, 0.3) is 83.0 Å². The lowest BCUT2D eigenvalue weighted by molar-refractivity contribution is 0.484. The Bertz CT molecular complexity index is 3630. The fraction of sp³-hybridized carbons (Fsp3) is 0.0385. The molecular weight excluding hydrogens is 755 g/mol. The molecule has 9 nitrogen and oxygen atoms in total. The molecule has 0 N–H and O–H groups in total. The van der Waals surface area contributed by atoms with Gasteiger partial charge in [-0.2, -0.15) is 0 Å². The number of pyridine rings is 2. The molecule has 0 spiro atoms. The molecule has 0 saturated heterocycles. The zero-order valence-corrected chi connectivity index (χ0v) is 32.3. The van der Waals surface area contributed by atoms with Crippen LogP contribution < -0.4 is 9.47 Å². The summed E-state index contributed by atoms with van der Waals surface area (Å²) in [6.07, 6.45) is 3.37. The Hall–Kier alpha value is -8.30. The number of hydrogen-bond donors (Lipinski definition) is 0. The van der Waals surface area contributed by atoms with Crippen LogP contribution in [-0.2, 0) is 6.37 Å². The molecule has 0 amide bonds. The molecule has 0 aliphatic rings. The molecule has 0 aliphatic heterocycles. The highest BCUT2D eigenvalue weighted by atomic mass is 16.5. The minimum atomic E-state index is -2.92. The first-order valence-corrected chi connectivity index (χ1v) is 19.8. The van der Waals surface area contributed by atoms with E-state index in [4.69, 9.17) is 16.3 Å². The molecule has 0 saturated carbocycles. The van der Waals surface area contributed by atoms with Crippen molar-refractivity contribution in [3.63, 3.8) is 0 Å². The van der Waals surface area contributed by atoms with Gasteiger partial charge in [-0.05, 0) is 96.9 Å². The molecule has 0 atom stereocenters. The number of rotatable bonds is 8. The van der Waals surface area contributed by atoms with Gasteiger partial charge in [-0.25, -0.2) is 19.9 Å². The maximum Gasteiger partial charge on any atom is 0.234 e. The summed E-state index contributed by atoms with van der Waals surface area (Å²) in [7, 11) is 0. The van der Waals surface area contributed by atoms with Crippen molar-refractivity contribution in [2.75, 3.05) is 0 Å². The highest BCUT2D eigenvalue weighted by Gasteiger charge is 2.19. The SMILES string of the molecule is [2H]C([2H])([2H])C([2H])([2H])c1cnc(-n2c3cc(Oc4ccc5c6ccccc6n(-c6ccccn6)c5c4)ccc3c3ccc(Oc4ccc5c6ccccc6n(-c6ccccn6)c5c4)cc32)nc1. The summed E-state index contributed by atoms with van der Waals surface area (Å²) in [5.41, 5.74) is 5.20. The van der Waals surface area contributed by atoms with Gasteiger partial charge in [0.25, 0.3) is 0 Å². The second-order valence-corrected chi connectivity index (χ2v) is 14.7. The molecule has 0 bridgehead atoms. The van der Waals surface area contributed by atoms with Gasteiger partial charge < -0.3 is 9.47 Å². The van der Waals surface area contributed by atoms with Gasteiger partial charge in [0.05, 0.1) is 33.1 Å². The highest BCUT2D eigenvalue weighted by Crippen LogP contribution is 2.40. The fourth-order valence-electron chi connectivity index (χ4n) is 8.59. The Balaban J connectivity index is 0.978. The summed E-state index contributed by atoms with van der Waals surface area (Å²) in [5, 5.41) is 6.09. The van der Waals surface area contributed by atoms with Gasteiger partial charge in [0.15, 0.2) is 0 Å². The average molecular weight is 795 g/mol. The molecule has 12 aromatic rings. The van der Waals surface area contributed by atoms with Crippen molar-refractivity contribution in [2.24, 2.45) is 0 Å². The molecule has 0 fully saturated rings. The van der Waals surface area contributed by atoms with Crippen molar-refractivity contribution >= 4 is 65.4 Å². The third-order valence-corrected chi connectivity index (χ3v) is 11.2. The zero-order valence-electron chi connectivity index (χ0n) is 37.3. The van der Waals surface area contributed by atoms with Crippen molar-refractivity contribution in [3.05, 3.63) is 188 Å². The Labute approximate surface area is 356 Å². The highest BCUT2D eigenvalue weighted by molar-refractivity contribution is 6.11. The molecule has 61 heavy (non-hydrogen) atoms. The van der Waals surface area contributed by atoms with Crippen molar-refractivity contribution in [2.45, 2.75) is 13.2 Å². The number of nitrogens with zero attached hydrogens (tertiary/aromatic N) is 7. The summed E-state index contributed by atoms with van der Waals surface area (Å²) >= 11 is 0. The minimum Gasteiger partial charge on any atom is -0.457 e. The van der Waals surface area contributed by atoms with E-state index in [9.17, 15) is 0 Å². The molecule has 6 aromatic carbocycles. The van der Waals surface area contributed by atoms with Gasteiger partial charge in [-0.3, -0.25) is 13.7 Å². The van der Waals surface area contributed by atoms with Gasteiger partial charge in [-0.1, -0.05) is 55.4 Å². The topological polar surface area (TPSA) is 84.8 Å². The third kappa shape index (κ3) is 5.70. The molecule has 9 heteroatoms. The molecule has 0 radical (unpaired) electrons. The molecule has 0 aliphatic carbocycles. The number of hydrogen-bond acceptors (Lipinski definition) is 6. The third-order valence-electron chi connectivity index (χ3n) is 11.2. The van der Waals surface area contributed by atoms with E-state index < -0.39 is 13.2 Å². The number of para-hydroxylation sites is 2. The van der Waals surface area contributed by atoms with Crippen LogP contribution in [0.15, 0.2) is 183 Å². The van der Waals surface area contributed by atoms with Crippen LogP contribution in [0.1, 0.15) is 19.3 Å². The van der Waals surface area contributed by atoms with Crippen LogP contribution in [0.2, 0.25) is 0 Å². The fourth-order valence-corrected chi connectivity index (χ4v) is 8.59. The van der Waals surface area contributed by atoms with E-state index in [2.05, 4.69) is 65.5 Å². The number of fused-ring (bicyclic) bond motifs is 9. The lowest BCUT2D eigenvalue weighted by atomic mass is 10.1. The lowest BCUT2D eigenvalue weighted by Crippen LogP contribution is -2.01. The Morgan fingerprint density at radius 2 is 0.820 bits per heavy atom. The maximum absolute atomic E-state index is 8.36. The number of aromatic nitrogens is 7. The first-order chi connectivity index (χ1) is 32.1. The summed E-state index contributed by atoms with van der Waals surface area (Å²) < 4.78 is 59.6. The van der Waals surface area contributed by atoms with Crippen molar-refractivity contribution in [1.29, 1.82) is 0 Å². The molecule has 290 valence electrons. The van der Waals surface area contributed by atoms with Crippen LogP contribution in [0.3, 0.4) is 0 Å². The Morgan fingerprint density at radius 1 is 0.426 bits per heavy atom. The van der Waals surface area contributed by atoms with Crippen molar-refractivity contribution in [1.82, 2.24) is 33.6 Å². The Kier molecular flexibility index (Phi) is 6.81. The second kappa shape index (κ2) is 13.9. The minimum absolute atomic E-state index is 0.155. The first-order valence-electron chi connectivity index (χ1n) is 22.3. The van der Waals surface area contributed by atoms with Gasteiger partial charge in [-0.15, -0.1) is 0 Å². The van der Waals surface area contributed by atoms with Crippen LogP contribution >= 0.6 is 0 Å². The summed E-state index contributed by atoms with van der Waals surface area (Å²) in [6.45, 7) is -2.92. The van der Waals surface area contributed by atoms with Crippen LogP contribution in [0, 0.1) is 0 Å². The van der Waals surface area contributed by atoms with E-state index in [1.54, 1.807) is 12.4 Å². The van der Waals surface area contributed by atoms with E-state index in [0.717, 1.165) is 66.0 Å². The van der Waals surface area contributed by atoms with Gasteiger partial charge in [0.1, 0.15) is 34.6 Å². The number of ether oxygens (including phenoxy) is 2. The summed E-state index contributed by atoms with van der Waals surface area (Å²) in [4.78, 5) is 18.5. The van der Waals surface area contributed by atoms with Gasteiger partial charge in [0, 0.05) is 88.2 Å². The Morgan fingerprint density at radius 3 is 1.23 bits per heavy atom. The smallest absolute Gasteiger partial charge is 0.234 e. The maximum atomic E-state index is 8.36. The number of benzene rings is 6. The zero-order chi connectivity index (χ0) is 44.7. The summed E-state index contributed by atoms with van der Waals surface area (Å²) in [5.74, 6) is 4.13. The predicted molar refractivity (Wildman–Crippen MR) is 243 cm³/mol. The average Bonchev–Trinajstić information content (AvgIpc) is 3.96. The monoisotopic (exact) mass is 794 g/mol. The van der Waals surface area contributed by atoms with Crippen LogP contribution in [-0.4, -0.2) is 33.6 Å². The van der Waals surface area contributed by atoms with Gasteiger partial charge >= 0.3 is 0 Å². The second-order valence-electron chi connectivity index (χ2n) is 14.7. The first kappa shape index (κ1) is 29.8. The number of aryl methyl sites for hydroxylation is 1. The van der Waals surface area contributed by atoms with E-state index in [0.29, 0.717) is 34.0 Å². The normalized spacial score (nSPS) is 13.4. The molecule has 6 heterocycles. The quantitative estimate of drug-likeness (QED) is 0.152. The standard InChI is InChI=1S/C52H35N7O2/c1-2-33-31-55-52(56-32-33)59-48-29-36(60-34-17-21-40-38-11-3-5-13-44(38)57(46(40)27-34)50-15-7-9-25-53-50)19-23-42(48)43-24-20-37(30-49(43)59)61-35-18-22-41-39-12-4-6-14-45(39)58(47(41)28-35)51-16-8-10-26-54-51/h3-32H,2H2,1H3/i1D3,2D2. The summed E-state index contributed by atoms with van der Waals surface area (Å²) in [6, 6.07) is 51.9. The van der Waals surface area contributed by atoms with E-state index in [1.807, 2.05) is 126 Å². The van der Waals surface area contributed by atoms with E-state index >= 15 is 0 Å². The van der Waals surface area contributed by atoms with E-state index in [-0.39, 0.29) is 11.5 Å². The molecule has 6 aromatic heterocycles. The van der Waals surface area contributed by atoms with E-state index in [1.165, 1.54) is 12.4 Å². The largest absolute Gasteiger partial charge is 0.457 e. The van der Waals surface area contributed by atoms with Crippen LogP contribution in [0.5, 0.6) is 23.0 Å². The molecule has 12 rings (SSSR count).